The van der Waals surface area contributed by atoms with Gasteiger partial charge in [0.05, 0.1) is 26.4 Å². The number of hydrogen-bond donors (Lipinski definition) is 1. The van der Waals surface area contributed by atoms with E-state index >= 15 is 0 Å². The molecular weight excluding hydrogens is 425 g/mol. The van der Waals surface area contributed by atoms with Gasteiger partial charge in [-0.3, -0.25) is 14.2 Å². The maximum absolute atomic E-state index is 13.9. The van der Waals surface area contributed by atoms with Crippen LogP contribution in [0.4, 0.5) is 4.39 Å². The van der Waals surface area contributed by atoms with Crippen LogP contribution in [-0.2, 0) is 24.3 Å². The number of ether oxygens (including phenoxy) is 1. The molecule has 0 bridgehead atoms. The Balaban J connectivity index is 1.33. The van der Waals surface area contributed by atoms with E-state index in [1.165, 1.54) is 23.2 Å². The van der Waals surface area contributed by atoms with E-state index in [-0.39, 0.29) is 23.8 Å². The van der Waals surface area contributed by atoms with E-state index in [9.17, 15) is 14.0 Å². The van der Waals surface area contributed by atoms with Crippen molar-refractivity contribution in [2.24, 2.45) is 0 Å². The van der Waals surface area contributed by atoms with E-state index in [4.69, 9.17) is 4.74 Å². The molecule has 0 saturated carbocycles. The minimum absolute atomic E-state index is 0.0671. The van der Waals surface area contributed by atoms with Crippen LogP contribution in [0.3, 0.4) is 0 Å². The van der Waals surface area contributed by atoms with E-state index in [1.807, 2.05) is 24.3 Å². The first-order chi connectivity index (χ1) is 16.0. The Labute approximate surface area is 189 Å². The van der Waals surface area contributed by atoms with E-state index in [0.29, 0.717) is 42.5 Å². The van der Waals surface area contributed by atoms with Gasteiger partial charge in [-0.15, -0.1) is 0 Å². The smallest absolute Gasteiger partial charge is 0.264 e. The molecule has 0 aliphatic rings. The molecule has 1 N–H and O–H groups in total. The summed E-state index contributed by atoms with van der Waals surface area (Å²) < 4.78 is 22.0. The third kappa shape index (κ3) is 5.25. The fourth-order valence-electron chi connectivity index (χ4n) is 3.52. The quantitative estimate of drug-likeness (QED) is 0.424. The molecule has 1 amide bonds. The third-order valence-corrected chi connectivity index (χ3v) is 5.37. The average Bonchev–Trinajstić information content (AvgIpc) is 3.25. The van der Waals surface area contributed by atoms with E-state index < -0.39 is 0 Å². The Morgan fingerprint density at radius 3 is 2.70 bits per heavy atom. The summed E-state index contributed by atoms with van der Waals surface area (Å²) in [6.07, 6.45) is 3.84. The summed E-state index contributed by atoms with van der Waals surface area (Å²) in [5.74, 6) is 0.340. The SMILES string of the molecule is COc1ccc(CCC(=O)NCCn2ncc3c(=O)n(Cc4ccccc4F)cnc32)cc1. The zero-order valence-electron chi connectivity index (χ0n) is 18.2. The molecule has 2 aromatic carbocycles. The number of amides is 1. The first-order valence-electron chi connectivity index (χ1n) is 10.6. The molecule has 2 aromatic heterocycles. The number of aromatic nitrogens is 4. The van der Waals surface area contributed by atoms with Crippen molar-refractivity contribution >= 4 is 16.9 Å². The van der Waals surface area contributed by atoms with Crippen molar-refractivity contribution < 1.29 is 13.9 Å². The molecule has 0 spiro atoms. The molecule has 33 heavy (non-hydrogen) atoms. The summed E-state index contributed by atoms with van der Waals surface area (Å²) in [7, 11) is 1.61. The number of nitrogens with one attached hydrogen (secondary N) is 1. The fourth-order valence-corrected chi connectivity index (χ4v) is 3.52. The molecule has 0 radical (unpaired) electrons. The number of rotatable bonds is 9. The first kappa shape index (κ1) is 22.2. The highest BCUT2D eigenvalue weighted by Gasteiger charge is 2.12. The van der Waals surface area contributed by atoms with Crippen molar-refractivity contribution in [3.8, 4) is 5.75 Å². The van der Waals surface area contributed by atoms with Crippen LogP contribution in [0.2, 0.25) is 0 Å². The second kappa shape index (κ2) is 10.1. The number of halogens is 1. The van der Waals surface area contributed by atoms with Crippen LogP contribution >= 0.6 is 0 Å². The van der Waals surface area contributed by atoms with E-state index in [1.54, 1.807) is 30.0 Å². The van der Waals surface area contributed by atoms with Crippen LogP contribution in [-0.4, -0.2) is 38.9 Å². The predicted molar refractivity (Wildman–Crippen MR) is 122 cm³/mol. The van der Waals surface area contributed by atoms with Crippen LogP contribution < -0.4 is 15.6 Å². The predicted octanol–water partition coefficient (Wildman–Crippen LogP) is 2.54. The molecule has 0 saturated heterocycles. The molecule has 8 nitrogen and oxygen atoms in total. The summed E-state index contributed by atoms with van der Waals surface area (Å²) >= 11 is 0. The molecular formula is C24H24FN5O3. The van der Waals surface area contributed by atoms with Gasteiger partial charge in [0.2, 0.25) is 5.91 Å². The number of carbonyl (C=O) groups excluding carboxylic acids is 1. The highest BCUT2D eigenvalue weighted by atomic mass is 19.1. The summed E-state index contributed by atoms with van der Waals surface area (Å²) in [6.45, 7) is 0.823. The second-order valence-electron chi connectivity index (χ2n) is 7.57. The first-order valence-corrected chi connectivity index (χ1v) is 10.6. The number of methoxy groups -OCH3 is 1. The summed E-state index contributed by atoms with van der Waals surface area (Å²) in [6, 6.07) is 13.9. The van der Waals surface area contributed by atoms with Gasteiger partial charge in [0.1, 0.15) is 23.3 Å². The van der Waals surface area contributed by atoms with Crippen LogP contribution in [0, 0.1) is 5.82 Å². The summed E-state index contributed by atoms with van der Waals surface area (Å²) in [4.78, 5) is 29.3. The van der Waals surface area contributed by atoms with Gasteiger partial charge >= 0.3 is 0 Å². The van der Waals surface area contributed by atoms with Gasteiger partial charge in [0, 0.05) is 18.5 Å². The van der Waals surface area contributed by atoms with Crippen molar-refractivity contribution in [2.75, 3.05) is 13.7 Å². The number of fused-ring (bicyclic) bond motifs is 1. The van der Waals surface area contributed by atoms with Gasteiger partial charge in [0.15, 0.2) is 5.65 Å². The minimum Gasteiger partial charge on any atom is -0.497 e. The lowest BCUT2D eigenvalue weighted by Crippen LogP contribution is -2.28. The molecule has 0 unspecified atom stereocenters. The monoisotopic (exact) mass is 449 g/mol. The van der Waals surface area contributed by atoms with E-state index in [0.717, 1.165) is 11.3 Å². The van der Waals surface area contributed by atoms with Gasteiger partial charge in [-0.1, -0.05) is 30.3 Å². The van der Waals surface area contributed by atoms with Gasteiger partial charge in [-0.25, -0.2) is 14.1 Å². The average molecular weight is 449 g/mol. The molecule has 2 heterocycles. The van der Waals surface area contributed by atoms with Crippen LogP contribution in [0.1, 0.15) is 17.5 Å². The van der Waals surface area contributed by atoms with Gasteiger partial charge in [-0.05, 0) is 30.2 Å². The Hall–Kier alpha value is -4.01. The van der Waals surface area contributed by atoms with Crippen molar-refractivity contribution in [1.29, 1.82) is 0 Å². The van der Waals surface area contributed by atoms with Crippen molar-refractivity contribution in [3.05, 3.63) is 88.4 Å². The Kier molecular flexibility index (Phi) is 6.77. The van der Waals surface area contributed by atoms with Gasteiger partial charge in [0.25, 0.3) is 5.56 Å². The van der Waals surface area contributed by atoms with Crippen LogP contribution in [0.25, 0.3) is 11.0 Å². The molecule has 0 aliphatic carbocycles. The van der Waals surface area contributed by atoms with Gasteiger partial charge in [-0.2, -0.15) is 5.10 Å². The summed E-state index contributed by atoms with van der Waals surface area (Å²) in [5, 5.41) is 7.45. The largest absolute Gasteiger partial charge is 0.497 e. The van der Waals surface area contributed by atoms with Crippen molar-refractivity contribution in [2.45, 2.75) is 25.9 Å². The highest BCUT2D eigenvalue weighted by molar-refractivity contribution is 5.76. The molecule has 9 heteroatoms. The maximum Gasteiger partial charge on any atom is 0.264 e. The minimum atomic E-state index is -0.372. The second-order valence-corrected chi connectivity index (χ2v) is 7.57. The standard InChI is InChI=1S/C24H24FN5O3/c1-33-19-9-6-17(7-10-19)8-11-22(31)26-12-13-30-23-20(14-28-30)24(32)29(16-27-23)15-18-4-2-3-5-21(18)25/h2-7,9-10,14,16H,8,11-13,15H2,1H3,(H,26,31). The Morgan fingerprint density at radius 1 is 1.15 bits per heavy atom. The maximum atomic E-state index is 13.9. The molecule has 0 aliphatic heterocycles. The van der Waals surface area contributed by atoms with Gasteiger partial charge < -0.3 is 10.1 Å². The topological polar surface area (TPSA) is 91.0 Å². The molecule has 170 valence electrons. The molecule has 4 aromatic rings. The Morgan fingerprint density at radius 2 is 1.94 bits per heavy atom. The number of hydrogen-bond acceptors (Lipinski definition) is 5. The Bertz CT molecular complexity index is 1310. The number of benzene rings is 2. The zero-order valence-corrected chi connectivity index (χ0v) is 18.2. The van der Waals surface area contributed by atoms with Crippen molar-refractivity contribution in [3.63, 3.8) is 0 Å². The summed E-state index contributed by atoms with van der Waals surface area (Å²) in [5.41, 5.74) is 1.60. The fraction of sp³-hybridized carbons (Fsp3) is 0.250. The molecule has 4 rings (SSSR count). The number of aryl methyl sites for hydroxylation is 1. The van der Waals surface area contributed by atoms with E-state index in [2.05, 4.69) is 15.4 Å². The van der Waals surface area contributed by atoms with Crippen LogP contribution in [0.15, 0.2) is 65.8 Å². The third-order valence-electron chi connectivity index (χ3n) is 5.37. The highest BCUT2D eigenvalue weighted by Crippen LogP contribution is 2.13. The lowest BCUT2D eigenvalue weighted by Gasteiger charge is -2.08. The lowest BCUT2D eigenvalue weighted by atomic mass is 10.1. The normalized spacial score (nSPS) is 11.0. The molecule has 0 atom stereocenters. The van der Waals surface area contributed by atoms with Crippen LogP contribution in [0.5, 0.6) is 5.75 Å². The lowest BCUT2D eigenvalue weighted by molar-refractivity contribution is -0.121. The number of nitrogens with zero attached hydrogens (tertiary/aromatic N) is 4. The number of carbonyl (C=O) groups is 1. The zero-order chi connectivity index (χ0) is 23.2. The molecule has 0 fully saturated rings. The van der Waals surface area contributed by atoms with Crippen molar-refractivity contribution in [1.82, 2.24) is 24.6 Å².